The lowest BCUT2D eigenvalue weighted by molar-refractivity contribution is 0.438. The van der Waals surface area contributed by atoms with E-state index in [1.165, 1.54) is 58.9 Å². The number of hydrogen-bond acceptors (Lipinski definition) is 4. The van der Waals surface area contributed by atoms with Gasteiger partial charge in [-0.3, -0.25) is 0 Å². The zero-order valence-corrected chi connectivity index (χ0v) is 38.0. The highest BCUT2D eigenvalue weighted by molar-refractivity contribution is 7.26. The summed E-state index contributed by atoms with van der Waals surface area (Å²) in [7, 11) is 0. The maximum atomic E-state index is 7.63. The van der Waals surface area contributed by atoms with Gasteiger partial charge in [0.25, 0.3) is 0 Å². The molecule has 322 valence electrons. The third-order valence-corrected chi connectivity index (χ3v) is 15.9. The van der Waals surface area contributed by atoms with Crippen LogP contribution in [0.3, 0.4) is 0 Å². The number of fused-ring (bicyclic) bond motifs is 16. The minimum Gasteiger partial charge on any atom is -0.456 e. The van der Waals surface area contributed by atoms with Gasteiger partial charge < -0.3 is 14.1 Å². The molecule has 0 atom stereocenters. The second-order valence-corrected chi connectivity index (χ2v) is 19.3. The fraction of sp³-hybridized carbons (Fsp3) is 0.0154. The molecule has 0 saturated heterocycles. The molecule has 1 spiro atoms. The monoisotopic (exact) mass is 897 g/mol. The van der Waals surface area contributed by atoms with Gasteiger partial charge >= 0.3 is 0 Å². The lowest BCUT2D eigenvalue weighted by atomic mass is 9.65. The van der Waals surface area contributed by atoms with Crippen LogP contribution in [0.2, 0.25) is 0 Å². The van der Waals surface area contributed by atoms with Crippen LogP contribution in [0.25, 0.3) is 86.3 Å². The van der Waals surface area contributed by atoms with Crippen molar-refractivity contribution in [2.24, 2.45) is 0 Å². The Bertz CT molecular complexity index is 4210. The van der Waals surface area contributed by atoms with Gasteiger partial charge in [-0.25, -0.2) is 0 Å². The molecule has 0 radical (unpaired) electrons. The summed E-state index contributed by atoms with van der Waals surface area (Å²) in [4.78, 5) is 2.45. The van der Waals surface area contributed by atoms with Crippen LogP contribution in [0.15, 0.2) is 241 Å². The first-order valence-corrected chi connectivity index (χ1v) is 24.4. The van der Waals surface area contributed by atoms with Crippen LogP contribution in [0.5, 0.6) is 11.5 Å². The Morgan fingerprint density at radius 1 is 0.406 bits per heavy atom. The van der Waals surface area contributed by atoms with E-state index < -0.39 is 5.41 Å². The molecule has 0 amide bonds. The number of nitrogens with zero attached hydrogens (tertiary/aromatic N) is 1. The number of hydrogen-bond donors (Lipinski definition) is 0. The van der Waals surface area contributed by atoms with Crippen molar-refractivity contribution in [1.29, 1.82) is 0 Å². The second-order valence-electron chi connectivity index (χ2n) is 18.3. The number of anilines is 3. The van der Waals surface area contributed by atoms with E-state index in [0.717, 1.165) is 78.1 Å². The molecule has 0 N–H and O–H groups in total. The van der Waals surface area contributed by atoms with E-state index in [1.807, 2.05) is 17.4 Å². The quantitative estimate of drug-likeness (QED) is 0.172. The van der Waals surface area contributed by atoms with Crippen molar-refractivity contribution < 1.29 is 9.15 Å². The minimum atomic E-state index is -0.656. The van der Waals surface area contributed by atoms with Crippen molar-refractivity contribution >= 4 is 81.3 Å². The molecule has 1 aliphatic carbocycles. The Morgan fingerprint density at radius 3 is 1.88 bits per heavy atom. The van der Waals surface area contributed by atoms with Crippen LogP contribution in [0.4, 0.5) is 17.1 Å². The summed E-state index contributed by atoms with van der Waals surface area (Å²) in [5.41, 5.74) is 16.0. The lowest BCUT2D eigenvalue weighted by Gasteiger charge is -2.41. The molecule has 0 saturated carbocycles. The molecule has 11 aromatic carbocycles. The molecule has 69 heavy (non-hydrogen) atoms. The Labute approximate surface area is 402 Å². The SMILES string of the molecule is c1ccc(-c2ccc(-c3c(N(c4ccc5ccccc5c4)c4ccc5oc6ccccc6c5c4)ccc4c3Oc3ccccc3C43c4ccccc4-c4ccccc43)c3sc4ccccc4c23)cc1. The highest BCUT2D eigenvalue weighted by Crippen LogP contribution is 2.65. The molecule has 1 aliphatic heterocycles. The summed E-state index contributed by atoms with van der Waals surface area (Å²) >= 11 is 1.86. The van der Waals surface area contributed by atoms with Crippen LogP contribution in [0, 0.1) is 0 Å². The van der Waals surface area contributed by atoms with Crippen LogP contribution in [-0.4, -0.2) is 0 Å². The second kappa shape index (κ2) is 14.6. The van der Waals surface area contributed by atoms with Gasteiger partial charge in [-0.2, -0.15) is 0 Å². The average molecular weight is 898 g/mol. The summed E-state index contributed by atoms with van der Waals surface area (Å²) in [6, 6.07) is 86.2. The van der Waals surface area contributed by atoms with Crippen molar-refractivity contribution in [3.63, 3.8) is 0 Å². The molecule has 3 nitrogen and oxygen atoms in total. The molecule has 4 heteroatoms. The highest BCUT2D eigenvalue weighted by Gasteiger charge is 2.52. The number of furan rings is 1. The van der Waals surface area contributed by atoms with Crippen molar-refractivity contribution in [3.05, 3.63) is 259 Å². The predicted octanol–water partition coefficient (Wildman–Crippen LogP) is 18.4. The first-order chi connectivity index (χ1) is 34.2. The maximum Gasteiger partial charge on any atom is 0.142 e. The number of ether oxygens (including phenoxy) is 1. The fourth-order valence-corrected chi connectivity index (χ4v) is 13.1. The normalized spacial score (nSPS) is 13.2. The van der Waals surface area contributed by atoms with E-state index >= 15 is 0 Å². The fourth-order valence-electron chi connectivity index (χ4n) is 11.8. The summed E-state index contributed by atoms with van der Waals surface area (Å²) < 4.78 is 16.5. The Balaban J connectivity index is 1.11. The van der Waals surface area contributed by atoms with E-state index in [-0.39, 0.29) is 0 Å². The summed E-state index contributed by atoms with van der Waals surface area (Å²) in [6.45, 7) is 0. The van der Waals surface area contributed by atoms with Gasteiger partial charge in [0.05, 0.1) is 16.7 Å². The van der Waals surface area contributed by atoms with Gasteiger partial charge in [0, 0.05) is 59.0 Å². The summed E-state index contributed by atoms with van der Waals surface area (Å²) in [5, 5.41) is 6.99. The van der Waals surface area contributed by atoms with Crippen molar-refractivity contribution in [1.82, 2.24) is 0 Å². The van der Waals surface area contributed by atoms with E-state index in [0.29, 0.717) is 0 Å². The number of benzene rings is 11. The Hall–Kier alpha value is -8.70. The third-order valence-electron chi connectivity index (χ3n) is 14.7. The molecule has 15 rings (SSSR count). The third kappa shape index (κ3) is 5.43. The smallest absolute Gasteiger partial charge is 0.142 e. The molecule has 13 aromatic rings. The van der Waals surface area contributed by atoms with Crippen LogP contribution in [-0.2, 0) is 5.41 Å². The van der Waals surface area contributed by atoms with Gasteiger partial charge in [0.15, 0.2) is 0 Å². The molecule has 0 fully saturated rings. The maximum absolute atomic E-state index is 7.63. The number of para-hydroxylation sites is 2. The molecule has 3 heterocycles. The van der Waals surface area contributed by atoms with E-state index in [1.54, 1.807) is 0 Å². The predicted molar refractivity (Wildman–Crippen MR) is 287 cm³/mol. The van der Waals surface area contributed by atoms with Gasteiger partial charge in [-0.1, -0.05) is 182 Å². The molecule has 2 aromatic heterocycles. The molecular weight excluding hydrogens is 859 g/mol. The summed E-state index contributed by atoms with van der Waals surface area (Å²) in [6.07, 6.45) is 0. The Morgan fingerprint density at radius 2 is 1.04 bits per heavy atom. The van der Waals surface area contributed by atoms with Gasteiger partial charge in [-0.05, 0) is 98.8 Å². The largest absolute Gasteiger partial charge is 0.456 e. The molecule has 0 bridgehead atoms. The van der Waals surface area contributed by atoms with Crippen molar-refractivity contribution in [3.8, 4) is 44.9 Å². The first-order valence-electron chi connectivity index (χ1n) is 23.6. The molecule has 0 unspecified atom stereocenters. The minimum absolute atomic E-state index is 0.656. The number of rotatable bonds is 5. The zero-order valence-electron chi connectivity index (χ0n) is 37.2. The average Bonchev–Trinajstić information content (AvgIpc) is 4.08. The van der Waals surface area contributed by atoms with E-state index in [4.69, 9.17) is 9.15 Å². The van der Waals surface area contributed by atoms with Crippen LogP contribution in [0.1, 0.15) is 22.3 Å². The zero-order chi connectivity index (χ0) is 45.2. The van der Waals surface area contributed by atoms with Gasteiger partial charge in [-0.15, -0.1) is 11.3 Å². The van der Waals surface area contributed by atoms with Crippen LogP contribution < -0.4 is 9.64 Å². The topological polar surface area (TPSA) is 25.6 Å². The van der Waals surface area contributed by atoms with Crippen LogP contribution >= 0.6 is 11.3 Å². The lowest BCUT2D eigenvalue weighted by Crippen LogP contribution is -2.32. The highest BCUT2D eigenvalue weighted by atomic mass is 32.1. The molecule has 2 aliphatic rings. The molecular formula is C65H39NO2S. The Kier molecular flexibility index (Phi) is 8.15. The first kappa shape index (κ1) is 38.4. The van der Waals surface area contributed by atoms with E-state index in [9.17, 15) is 0 Å². The standard InChI is InChI=1S/C65H39NO2S/c1-2-17-41(18-3-1)45-33-34-50(64-61(45)49-23-9-15-29-60(49)69-64)62-56(66(43-31-30-40-16-4-5-19-42(40)38-43)44-32-37-58-51(39-44)48-22-8-13-27-57(48)67-58)36-35-55-63(62)68-59-28-14-12-26-54(59)65(55)52-24-10-6-20-46(52)47-21-7-11-25-53(47)65/h1-39H. The van der Waals surface area contributed by atoms with Crippen molar-refractivity contribution in [2.45, 2.75) is 5.41 Å². The van der Waals surface area contributed by atoms with Gasteiger partial charge in [0.1, 0.15) is 22.7 Å². The van der Waals surface area contributed by atoms with E-state index in [2.05, 4.69) is 235 Å². The summed E-state index contributed by atoms with van der Waals surface area (Å²) in [5.74, 6) is 1.71. The van der Waals surface area contributed by atoms with Crippen molar-refractivity contribution in [2.75, 3.05) is 4.90 Å². The number of thiophene rings is 1. The van der Waals surface area contributed by atoms with Gasteiger partial charge in [0.2, 0.25) is 0 Å².